The van der Waals surface area contributed by atoms with Crippen LogP contribution in [-0.4, -0.2) is 11.2 Å². The molecule has 2 rings (SSSR count). The summed E-state index contributed by atoms with van der Waals surface area (Å²) in [6.45, 7) is 0. The average Bonchev–Trinajstić information content (AvgIpc) is 2.52. The minimum Gasteiger partial charge on any atom is -0.292 e. The van der Waals surface area contributed by atoms with Gasteiger partial charge in [-0.25, -0.2) is 0 Å². The lowest BCUT2D eigenvalue weighted by atomic mass is 10.0. The standard InChI is InChI=1S/C11H6Cl4O/c12-8-7(9(13)11(14)15)5-3-1-2-4-6(5)10(8)16/h1-4,7-8H/t7-,8+/m0/s1. The lowest BCUT2D eigenvalue weighted by Crippen LogP contribution is -2.13. The van der Waals surface area contributed by atoms with E-state index in [0.29, 0.717) is 5.56 Å². The highest BCUT2D eigenvalue weighted by molar-refractivity contribution is 6.59. The van der Waals surface area contributed by atoms with Crippen LogP contribution in [0, 0.1) is 0 Å². The molecule has 1 nitrogen and oxygen atoms in total. The fraction of sp³-hybridized carbons (Fsp3) is 0.182. The molecular weight excluding hydrogens is 290 g/mol. The summed E-state index contributed by atoms with van der Waals surface area (Å²) in [5, 5.41) is -0.529. The van der Waals surface area contributed by atoms with Crippen molar-refractivity contribution < 1.29 is 4.79 Å². The van der Waals surface area contributed by atoms with Crippen molar-refractivity contribution in [1.82, 2.24) is 0 Å². The summed E-state index contributed by atoms with van der Waals surface area (Å²) in [7, 11) is 0. The summed E-state index contributed by atoms with van der Waals surface area (Å²) in [6, 6.07) is 7.13. The van der Waals surface area contributed by atoms with Gasteiger partial charge in [-0.1, -0.05) is 59.1 Å². The summed E-state index contributed by atoms with van der Waals surface area (Å²) < 4.78 is -0.0539. The maximum absolute atomic E-state index is 11.8. The van der Waals surface area contributed by atoms with Gasteiger partial charge in [0.05, 0.1) is 5.03 Å². The Morgan fingerprint density at radius 1 is 1.12 bits per heavy atom. The number of allylic oxidation sites excluding steroid dienone is 1. The Hall–Kier alpha value is -0.210. The van der Waals surface area contributed by atoms with E-state index in [2.05, 4.69) is 0 Å². The Morgan fingerprint density at radius 2 is 1.75 bits per heavy atom. The van der Waals surface area contributed by atoms with Crippen molar-refractivity contribution in [3.63, 3.8) is 0 Å². The molecule has 0 fully saturated rings. The second kappa shape index (κ2) is 4.58. The van der Waals surface area contributed by atoms with Gasteiger partial charge in [0.25, 0.3) is 0 Å². The second-order valence-electron chi connectivity index (χ2n) is 3.44. The molecule has 5 heteroatoms. The van der Waals surface area contributed by atoms with Crippen molar-refractivity contribution in [3.8, 4) is 0 Å². The molecule has 0 bridgehead atoms. The lowest BCUT2D eigenvalue weighted by Gasteiger charge is -2.13. The number of hydrogen-bond donors (Lipinski definition) is 0. The van der Waals surface area contributed by atoms with Gasteiger partial charge in [0.2, 0.25) is 0 Å². The van der Waals surface area contributed by atoms with E-state index in [-0.39, 0.29) is 15.3 Å². The SMILES string of the molecule is O=C1c2ccccc2[C@H](C(Cl)=C(Cl)Cl)[C@H]1Cl. The first kappa shape index (κ1) is 12.3. The predicted molar refractivity (Wildman–Crippen MR) is 67.7 cm³/mol. The highest BCUT2D eigenvalue weighted by Crippen LogP contribution is 2.44. The molecule has 0 N–H and O–H groups in total. The maximum Gasteiger partial charge on any atom is 0.181 e. The summed E-state index contributed by atoms with van der Waals surface area (Å²) >= 11 is 23.3. The number of hydrogen-bond acceptors (Lipinski definition) is 1. The number of rotatable bonds is 1. The number of benzene rings is 1. The third-order valence-corrected chi connectivity index (χ3v) is 4.03. The smallest absolute Gasteiger partial charge is 0.181 e. The Labute approximate surface area is 113 Å². The van der Waals surface area contributed by atoms with E-state index < -0.39 is 11.3 Å². The van der Waals surface area contributed by atoms with Crippen LogP contribution in [0.2, 0.25) is 0 Å². The molecular formula is C11H6Cl4O. The number of alkyl halides is 1. The molecule has 2 atom stereocenters. The normalized spacial score (nSPS) is 23.1. The molecule has 1 aromatic carbocycles. The van der Waals surface area contributed by atoms with E-state index in [1.807, 2.05) is 6.07 Å². The molecule has 16 heavy (non-hydrogen) atoms. The molecule has 0 aromatic heterocycles. The van der Waals surface area contributed by atoms with E-state index in [9.17, 15) is 4.79 Å². The van der Waals surface area contributed by atoms with Crippen LogP contribution in [-0.2, 0) is 0 Å². The molecule has 84 valence electrons. The molecule has 0 spiro atoms. The number of halogens is 4. The molecule has 0 saturated heterocycles. The topological polar surface area (TPSA) is 17.1 Å². The number of carbonyl (C=O) groups is 1. The van der Waals surface area contributed by atoms with Crippen molar-refractivity contribution in [2.45, 2.75) is 11.3 Å². The van der Waals surface area contributed by atoms with Crippen LogP contribution in [0.25, 0.3) is 0 Å². The number of fused-ring (bicyclic) bond motifs is 1. The van der Waals surface area contributed by atoms with Gasteiger partial charge in [-0.2, -0.15) is 0 Å². The molecule has 0 aliphatic heterocycles. The number of ketones is 1. The largest absolute Gasteiger partial charge is 0.292 e. The van der Waals surface area contributed by atoms with E-state index in [1.54, 1.807) is 18.2 Å². The van der Waals surface area contributed by atoms with Crippen LogP contribution in [0.5, 0.6) is 0 Å². The molecule has 0 amide bonds. The second-order valence-corrected chi connectivity index (χ2v) is 5.27. The fourth-order valence-corrected chi connectivity index (χ4v) is 2.76. The summed E-state index contributed by atoms with van der Waals surface area (Å²) in [5.74, 6) is -0.591. The van der Waals surface area contributed by atoms with Crippen molar-refractivity contribution >= 4 is 52.2 Å². The first-order chi connectivity index (χ1) is 7.54. The van der Waals surface area contributed by atoms with E-state index in [0.717, 1.165) is 5.56 Å². The Morgan fingerprint density at radius 3 is 2.38 bits per heavy atom. The van der Waals surface area contributed by atoms with E-state index >= 15 is 0 Å². The Balaban J connectivity index is 2.58. The van der Waals surface area contributed by atoms with E-state index in [1.165, 1.54) is 0 Å². The van der Waals surface area contributed by atoms with Crippen LogP contribution in [0.4, 0.5) is 0 Å². The van der Waals surface area contributed by atoms with Gasteiger partial charge < -0.3 is 0 Å². The van der Waals surface area contributed by atoms with Gasteiger partial charge in [-0.3, -0.25) is 4.79 Å². The van der Waals surface area contributed by atoms with Gasteiger partial charge in [-0.15, -0.1) is 11.6 Å². The molecule has 0 heterocycles. The van der Waals surface area contributed by atoms with Crippen molar-refractivity contribution in [3.05, 3.63) is 44.9 Å². The lowest BCUT2D eigenvalue weighted by molar-refractivity contribution is 0.0995. The van der Waals surface area contributed by atoms with Crippen molar-refractivity contribution in [1.29, 1.82) is 0 Å². The monoisotopic (exact) mass is 294 g/mol. The molecule has 1 aliphatic carbocycles. The van der Waals surface area contributed by atoms with Crippen LogP contribution >= 0.6 is 46.4 Å². The van der Waals surface area contributed by atoms with Crippen molar-refractivity contribution in [2.75, 3.05) is 0 Å². The average molecular weight is 296 g/mol. The highest BCUT2D eigenvalue weighted by atomic mass is 35.5. The third kappa shape index (κ3) is 1.86. The zero-order valence-electron chi connectivity index (χ0n) is 7.88. The van der Waals surface area contributed by atoms with Crippen LogP contribution < -0.4 is 0 Å². The molecule has 1 aromatic rings. The molecule has 0 saturated carbocycles. The zero-order chi connectivity index (χ0) is 11.9. The summed E-state index contributed by atoms with van der Waals surface area (Å²) in [5.41, 5.74) is 1.36. The quantitative estimate of drug-likeness (QED) is 0.699. The van der Waals surface area contributed by atoms with Gasteiger partial charge in [0.1, 0.15) is 9.87 Å². The van der Waals surface area contributed by atoms with Crippen LogP contribution in [0.15, 0.2) is 33.8 Å². The minimum absolute atomic E-state index is 0.0539. The molecule has 0 unspecified atom stereocenters. The Bertz CT molecular complexity index is 477. The summed E-state index contributed by atoms with van der Waals surface area (Å²) in [6.07, 6.45) is 0. The minimum atomic E-state index is -0.739. The van der Waals surface area contributed by atoms with Gasteiger partial charge in [0.15, 0.2) is 5.78 Å². The summed E-state index contributed by atoms with van der Waals surface area (Å²) in [4.78, 5) is 11.8. The predicted octanol–water partition coefficient (Wildman–Crippen LogP) is 4.46. The fourth-order valence-electron chi connectivity index (χ4n) is 1.83. The van der Waals surface area contributed by atoms with Gasteiger partial charge >= 0.3 is 0 Å². The third-order valence-electron chi connectivity index (χ3n) is 2.56. The van der Waals surface area contributed by atoms with Crippen LogP contribution in [0.3, 0.4) is 0 Å². The first-order valence-corrected chi connectivity index (χ1v) is 6.09. The molecule has 0 radical (unpaired) electrons. The van der Waals surface area contributed by atoms with E-state index in [4.69, 9.17) is 46.4 Å². The number of carbonyl (C=O) groups excluding carboxylic acids is 1. The Kier molecular flexibility index (Phi) is 3.50. The number of Topliss-reactive ketones (excluding diaryl/α,β-unsaturated/α-hetero) is 1. The molecule has 1 aliphatic rings. The van der Waals surface area contributed by atoms with Gasteiger partial charge in [0, 0.05) is 11.5 Å². The zero-order valence-corrected chi connectivity index (χ0v) is 10.9. The van der Waals surface area contributed by atoms with Gasteiger partial charge in [-0.05, 0) is 5.56 Å². The highest BCUT2D eigenvalue weighted by Gasteiger charge is 2.40. The maximum atomic E-state index is 11.8. The van der Waals surface area contributed by atoms with Crippen molar-refractivity contribution in [2.24, 2.45) is 0 Å². The van der Waals surface area contributed by atoms with Crippen LogP contribution in [0.1, 0.15) is 21.8 Å². The first-order valence-electron chi connectivity index (χ1n) is 4.52.